The predicted octanol–water partition coefficient (Wildman–Crippen LogP) is 3.62. The van der Waals surface area contributed by atoms with Crippen LogP contribution in [0.3, 0.4) is 0 Å². The van der Waals surface area contributed by atoms with E-state index in [4.69, 9.17) is 0 Å². The van der Waals surface area contributed by atoms with Gasteiger partial charge in [-0.05, 0) is 35.8 Å². The molecule has 0 atom stereocenters. The summed E-state index contributed by atoms with van der Waals surface area (Å²) in [4.78, 5) is 14.8. The smallest absolute Gasteiger partial charge is 0.243 e. The van der Waals surface area contributed by atoms with Crippen LogP contribution >= 0.6 is 11.8 Å². The molecule has 4 rings (SSSR count). The van der Waals surface area contributed by atoms with E-state index in [0.717, 1.165) is 16.2 Å². The summed E-state index contributed by atoms with van der Waals surface area (Å²) >= 11 is 1.65. The fourth-order valence-corrected chi connectivity index (χ4v) is 5.99. The molecule has 0 aliphatic carbocycles. The van der Waals surface area contributed by atoms with Gasteiger partial charge in [-0.15, -0.1) is 11.8 Å². The van der Waals surface area contributed by atoms with Crippen LogP contribution in [0.15, 0.2) is 64.4 Å². The zero-order valence-corrected chi connectivity index (χ0v) is 17.3. The van der Waals surface area contributed by atoms with Crippen LogP contribution in [0.2, 0.25) is 0 Å². The summed E-state index contributed by atoms with van der Waals surface area (Å²) in [5.74, 6) is 0.752. The number of carbonyl (C=O) groups excluding carboxylic acids is 1. The number of carbonyl (C=O) groups is 1. The fraction of sp³-hybridized carbons (Fsp3) is 0.286. The van der Waals surface area contributed by atoms with E-state index in [0.29, 0.717) is 31.7 Å². The molecule has 2 aliphatic rings. The second kappa shape index (κ2) is 7.73. The standard InChI is InChI=1S/C21H22N2O3S2/c1-16(24)23-13-14-27-21-8-7-19(15-20(21)23)28(25,26)22-11-9-18(10-12-22)17-5-3-2-4-6-17/h2-9,15H,10-14H2,1H3. The zero-order chi connectivity index (χ0) is 19.7. The van der Waals surface area contributed by atoms with Gasteiger partial charge in [0, 0.05) is 37.2 Å². The molecule has 28 heavy (non-hydrogen) atoms. The van der Waals surface area contributed by atoms with Gasteiger partial charge in [0.15, 0.2) is 0 Å². The van der Waals surface area contributed by atoms with E-state index in [2.05, 4.69) is 0 Å². The summed E-state index contributed by atoms with van der Waals surface area (Å²) in [6.45, 7) is 2.92. The zero-order valence-electron chi connectivity index (χ0n) is 15.7. The summed E-state index contributed by atoms with van der Waals surface area (Å²) in [6, 6.07) is 15.2. The minimum atomic E-state index is -3.61. The molecule has 5 nitrogen and oxygen atoms in total. The summed E-state index contributed by atoms with van der Waals surface area (Å²) < 4.78 is 27.9. The topological polar surface area (TPSA) is 57.7 Å². The Morgan fingerprint density at radius 2 is 1.86 bits per heavy atom. The third kappa shape index (κ3) is 3.62. The Hall–Kier alpha value is -2.09. The lowest BCUT2D eigenvalue weighted by molar-refractivity contribution is -0.116. The van der Waals surface area contributed by atoms with Gasteiger partial charge in [0.05, 0.1) is 10.6 Å². The first kappa shape index (κ1) is 19.2. The molecule has 2 aromatic carbocycles. The monoisotopic (exact) mass is 414 g/mol. The molecule has 1 amide bonds. The van der Waals surface area contributed by atoms with Crippen molar-refractivity contribution in [1.29, 1.82) is 0 Å². The van der Waals surface area contributed by atoms with Gasteiger partial charge in [-0.1, -0.05) is 36.4 Å². The molecule has 2 aromatic rings. The Morgan fingerprint density at radius 3 is 2.54 bits per heavy atom. The number of anilines is 1. The number of thioether (sulfide) groups is 1. The largest absolute Gasteiger partial charge is 0.311 e. The molecule has 0 N–H and O–H groups in total. The molecule has 2 aliphatic heterocycles. The summed E-state index contributed by atoms with van der Waals surface area (Å²) in [7, 11) is -3.61. The highest BCUT2D eigenvalue weighted by molar-refractivity contribution is 7.99. The third-order valence-corrected chi connectivity index (χ3v) is 8.03. The molecule has 0 fully saturated rings. The lowest BCUT2D eigenvalue weighted by Gasteiger charge is -2.30. The lowest BCUT2D eigenvalue weighted by Crippen LogP contribution is -2.36. The van der Waals surface area contributed by atoms with E-state index < -0.39 is 10.0 Å². The van der Waals surface area contributed by atoms with Gasteiger partial charge in [0.1, 0.15) is 0 Å². The molecular formula is C21H22N2O3S2. The Labute approximate surface area is 170 Å². The van der Waals surface area contributed by atoms with Gasteiger partial charge in [0.25, 0.3) is 0 Å². The van der Waals surface area contributed by atoms with Crippen molar-refractivity contribution in [2.24, 2.45) is 0 Å². The highest BCUT2D eigenvalue weighted by atomic mass is 32.2. The first-order chi connectivity index (χ1) is 13.5. The van der Waals surface area contributed by atoms with Gasteiger partial charge in [0.2, 0.25) is 15.9 Å². The van der Waals surface area contributed by atoms with E-state index in [1.165, 1.54) is 16.8 Å². The quantitative estimate of drug-likeness (QED) is 0.770. The maximum atomic E-state index is 13.2. The van der Waals surface area contributed by atoms with Crippen molar-refractivity contribution in [3.8, 4) is 0 Å². The van der Waals surface area contributed by atoms with Gasteiger partial charge < -0.3 is 4.90 Å². The molecule has 2 heterocycles. The molecule has 146 valence electrons. The van der Waals surface area contributed by atoms with Gasteiger partial charge in [-0.3, -0.25) is 4.79 Å². The highest BCUT2D eigenvalue weighted by Crippen LogP contribution is 2.37. The number of sulfonamides is 1. The molecule has 0 unspecified atom stereocenters. The maximum Gasteiger partial charge on any atom is 0.243 e. The number of hydrogen-bond donors (Lipinski definition) is 0. The molecule has 0 saturated heterocycles. The Morgan fingerprint density at radius 1 is 1.07 bits per heavy atom. The normalized spacial score (nSPS) is 17.8. The van der Waals surface area contributed by atoms with Gasteiger partial charge in [-0.2, -0.15) is 4.31 Å². The molecule has 0 bridgehead atoms. The number of nitrogens with zero attached hydrogens (tertiary/aromatic N) is 2. The molecule has 0 radical (unpaired) electrons. The van der Waals surface area contributed by atoms with Crippen molar-refractivity contribution >= 4 is 39.0 Å². The van der Waals surface area contributed by atoms with Crippen LogP contribution in [0.4, 0.5) is 5.69 Å². The first-order valence-corrected chi connectivity index (χ1v) is 11.7. The number of rotatable bonds is 3. The van der Waals surface area contributed by atoms with Crippen LogP contribution in [0.25, 0.3) is 5.57 Å². The van der Waals surface area contributed by atoms with Crippen LogP contribution in [0.1, 0.15) is 18.9 Å². The summed E-state index contributed by atoms with van der Waals surface area (Å²) in [5.41, 5.74) is 3.02. The molecular weight excluding hydrogens is 392 g/mol. The Kier molecular flexibility index (Phi) is 5.31. The van der Waals surface area contributed by atoms with E-state index in [-0.39, 0.29) is 10.8 Å². The van der Waals surface area contributed by atoms with Crippen molar-refractivity contribution in [1.82, 2.24) is 4.31 Å². The average Bonchev–Trinajstić information content (AvgIpc) is 2.73. The van der Waals surface area contributed by atoms with E-state index >= 15 is 0 Å². The fourth-order valence-electron chi connectivity index (χ4n) is 3.62. The molecule has 7 heteroatoms. The van der Waals surface area contributed by atoms with Crippen molar-refractivity contribution in [2.75, 3.05) is 30.3 Å². The van der Waals surface area contributed by atoms with Crippen LogP contribution in [0.5, 0.6) is 0 Å². The average molecular weight is 415 g/mol. The number of amides is 1. The van der Waals surface area contributed by atoms with Crippen molar-refractivity contribution < 1.29 is 13.2 Å². The van der Waals surface area contributed by atoms with Crippen LogP contribution in [-0.4, -0.2) is 44.0 Å². The maximum absolute atomic E-state index is 13.2. The minimum absolute atomic E-state index is 0.0653. The van der Waals surface area contributed by atoms with E-state index in [9.17, 15) is 13.2 Å². The third-order valence-electron chi connectivity index (χ3n) is 5.13. The van der Waals surface area contributed by atoms with Crippen LogP contribution in [0, 0.1) is 0 Å². The van der Waals surface area contributed by atoms with Crippen LogP contribution < -0.4 is 4.90 Å². The number of benzene rings is 2. The second-order valence-corrected chi connectivity index (χ2v) is 9.93. The van der Waals surface area contributed by atoms with Crippen LogP contribution in [-0.2, 0) is 14.8 Å². The van der Waals surface area contributed by atoms with Crippen molar-refractivity contribution in [3.63, 3.8) is 0 Å². The number of hydrogen-bond acceptors (Lipinski definition) is 4. The lowest BCUT2D eigenvalue weighted by atomic mass is 10.0. The summed E-state index contributed by atoms with van der Waals surface area (Å²) in [6.07, 6.45) is 2.68. The SMILES string of the molecule is CC(=O)N1CCSc2ccc(S(=O)(=O)N3CC=C(c4ccccc4)CC3)cc21. The number of fused-ring (bicyclic) bond motifs is 1. The Balaban J connectivity index is 1.60. The van der Waals surface area contributed by atoms with E-state index in [1.54, 1.807) is 28.8 Å². The first-order valence-electron chi connectivity index (χ1n) is 9.26. The second-order valence-electron chi connectivity index (χ2n) is 6.86. The van der Waals surface area contributed by atoms with Gasteiger partial charge >= 0.3 is 0 Å². The van der Waals surface area contributed by atoms with Crippen molar-refractivity contribution in [2.45, 2.75) is 23.1 Å². The van der Waals surface area contributed by atoms with Crippen molar-refractivity contribution in [3.05, 3.63) is 60.2 Å². The molecule has 0 spiro atoms. The minimum Gasteiger partial charge on any atom is -0.311 e. The highest BCUT2D eigenvalue weighted by Gasteiger charge is 2.29. The molecule has 0 saturated carbocycles. The molecule has 0 aromatic heterocycles. The van der Waals surface area contributed by atoms with E-state index in [1.807, 2.05) is 42.5 Å². The predicted molar refractivity (Wildman–Crippen MR) is 113 cm³/mol. The Bertz CT molecular complexity index is 1030. The van der Waals surface area contributed by atoms with Gasteiger partial charge in [-0.25, -0.2) is 8.42 Å². The summed E-state index contributed by atoms with van der Waals surface area (Å²) in [5, 5.41) is 0.